The maximum absolute atomic E-state index is 12.0. The lowest BCUT2D eigenvalue weighted by molar-refractivity contribution is -0.135. The first-order valence-corrected chi connectivity index (χ1v) is 9.92. The normalized spacial score (nSPS) is 16.3. The molecule has 0 fully saturated rings. The van der Waals surface area contributed by atoms with E-state index in [-0.39, 0.29) is 16.7 Å². The maximum Gasteiger partial charge on any atom is 0.264 e. The number of hydrazone groups is 1. The second-order valence-corrected chi connectivity index (χ2v) is 7.96. The van der Waals surface area contributed by atoms with Crippen LogP contribution in [-0.2, 0) is 24.3 Å². The Labute approximate surface area is 162 Å². The van der Waals surface area contributed by atoms with Crippen LogP contribution in [0.3, 0.4) is 0 Å². The van der Waals surface area contributed by atoms with Crippen molar-refractivity contribution < 1.29 is 22.7 Å². The molecule has 146 valence electrons. The van der Waals surface area contributed by atoms with Crippen molar-refractivity contribution in [3.8, 4) is 0 Å². The smallest absolute Gasteiger partial charge is 0.264 e. The summed E-state index contributed by atoms with van der Waals surface area (Å²) in [7, 11) is -3.93. The van der Waals surface area contributed by atoms with Gasteiger partial charge in [-0.1, -0.05) is 24.3 Å². The first-order valence-electron chi connectivity index (χ1n) is 8.43. The number of hydrogen-bond acceptors (Lipinski definition) is 6. The lowest BCUT2D eigenvalue weighted by atomic mass is 10.1. The van der Waals surface area contributed by atoms with E-state index in [2.05, 4.69) is 5.10 Å². The van der Waals surface area contributed by atoms with Gasteiger partial charge in [0.1, 0.15) is 0 Å². The highest BCUT2D eigenvalue weighted by Crippen LogP contribution is 2.32. The van der Waals surface area contributed by atoms with Crippen LogP contribution < -0.4 is 4.72 Å². The molecule has 1 unspecified atom stereocenters. The molecule has 3 rings (SSSR count). The highest BCUT2D eigenvalue weighted by atomic mass is 32.2. The van der Waals surface area contributed by atoms with Crippen molar-refractivity contribution >= 4 is 27.7 Å². The SMILES string of the molecule is CC(=O)NS(=O)(=O)c1ccc(C2=NN(C(C)=O)C(c3ccccc3C)O2)cc1. The molecule has 2 aromatic carbocycles. The van der Waals surface area contributed by atoms with E-state index in [0.717, 1.165) is 18.1 Å². The molecule has 9 heteroatoms. The Morgan fingerprint density at radius 3 is 2.29 bits per heavy atom. The number of benzene rings is 2. The highest BCUT2D eigenvalue weighted by Gasteiger charge is 2.34. The van der Waals surface area contributed by atoms with E-state index < -0.39 is 22.2 Å². The number of amides is 2. The van der Waals surface area contributed by atoms with Gasteiger partial charge in [-0.05, 0) is 36.8 Å². The molecule has 1 atom stereocenters. The molecule has 2 aromatic rings. The molecule has 28 heavy (non-hydrogen) atoms. The fraction of sp³-hybridized carbons (Fsp3) is 0.211. The quantitative estimate of drug-likeness (QED) is 0.844. The fourth-order valence-corrected chi connectivity index (χ4v) is 3.77. The second kappa shape index (κ2) is 7.43. The van der Waals surface area contributed by atoms with Gasteiger partial charge in [0.25, 0.3) is 10.0 Å². The van der Waals surface area contributed by atoms with Crippen molar-refractivity contribution in [1.82, 2.24) is 9.73 Å². The zero-order valence-corrected chi connectivity index (χ0v) is 16.4. The van der Waals surface area contributed by atoms with Crippen LogP contribution in [0.1, 0.15) is 36.8 Å². The van der Waals surface area contributed by atoms with E-state index in [1.165, 1.54) is 36.2 Å². The van der Waals surface area contributed by atoms with E-state index in [4.69, 9.17) is 4.74 Å². The number of aryl methyl sites for hydroxylation is 1. The van der Waals surface area contributed by atoms with Crippen molar-refractivity contribution in [1.29, 1.82) is 0 Å². The molecule has 2 amide bonds. The third-order valence-corrected chi connectivity index (χ3v) is 5.56. The molecular formula is C19H19N3O5S. The predicted molar refractivity (Wildman–Crippen MR) is 102 cm³/mol. The highest BCUT2D eigenvalue weighted by molar-refractivity contribution is 7.90. The first-order chi connectivity index (χ1) is 13.2. The minimum Gasteiger partial charge on any atom is -0.446 e. The Kier molecular flexibility index (Phi) is 5.19. The summed E-state index contributed by atoms with van der Waals surface area (Å²) in [6, 6.07) is 13.2. The molecule has 1 aliphatic rings. The maximum atomic E-state index is 12.0. The Morgan fingerprint density at radius 1 is 1.07 bits per heavy atom. The van der Waals surface area contributed by atoms with Crippen molar-refractivity contribution in [3.63, 3.8) is 0 Å². The molecule has 1 aliphatic heterocycles. The van der Waals surface area contributed by atoms with Crippen LogP contribution in [0.4, 0.5) is 0 Å². The Hall–Kier alpha value is -3.20. The van der Waals surface area contributed by atoms with Gasteiger partial charge in [-0.3, -0.25) is 9.59 Å². The van der Waals surface area contributed by atoms with Crippen LogP contribution in [0.2, 0.25) is 0 Å². The summed E-state index contributed by atoms with van der Waals surface area (Å²) in [6.45, 7) is 4.43. The predicted octanol–water partition coefficient (Wildman–Crippen LogP) is 2.06. The molecule has 0 aromatic heterocycles. The molecule has 0 spiro atoms. The Morgan fingerprint density at radius 2 is 1.71 bits per heavy atom. The molecule has 1 heterocycles. The topological polar surface area (TPSA) is 105 Å². The number of carbonyl (C=O) groups is 2. The van der Waals surface area contributed by atoms with Crippen LogP contribution in [-0.4, -0.2) is 31.1 Å². The number of sulfonamides is 1. The second-order valence-electron chi connectivity index (χ2n) is 6.28. The van der Waals surface area contributed by atoms with E-state index >= 15 is 0 Å². The number of carbonyl (C=O) groups excluding carboxylic acids is 2. The van der Waals surface area contributed by atoms with Gasteiger partial charge in [-0.15, -0.1) is 5.10 Å². The van der Waals surface area contributed by atoms with Gasteiger partial charge in [0, 0.05) is 25.0 Å². The van der Waals surface area contributed by atoms with Gasteiger partial charge in [-0.2, -0.15) is 5.01 Å². The number of ether oxygens (including phenoxy) is 1. The zero-order chi connectivity index (χ0) is 20.5. The monoisotopic (exact) mass is 401 g/mol. The van der Waals surface area contributed by atoms with E-state index in [0.29, 0.717) is 5.56 Å². The van der Waals surface area contributed by atoms with E-state index in [9.17, 15) is 18.0 Å². The van der Waals surface area contributed by atoms with Gasteiger partial charge in [0.05, 0.1) is 4.90 Å². The van der Waals surface area contributed by atoms with Crippen molar-refractivity contribution in [3.05, 3.63) is 65.2 Å². The number of nitrogens with zero attached hydrogens (tertiary/aromatic N) is 2. The largest absolute Gasteiger partial charge is 0.446 e. The number of nitrogens with one attached hydrogen (secondary N) is 1. The van der Waals surface area contributed by atoms with Crippen LogP contribution in [0.25, 0.3) is 0 Å². The van der Waals surface area contributed by atoms with Gasteiger partial charge in [-0.25, -0.2) is 13.1 Å². The molecule has 0 bridgehead atoms. The van der Waals surface area contributed by atoms with Crippen molar-refractivity contribution in [2.75, 3.05) is 0 Å². The Bertz CT molecular complexity index is 1060. The molecule has 0 aliphatic carbocycles. The van der Waals surface area contributed by atoms with Crippen LogP contribution in [0.15, 0.2) is 58.5 Å². The van der Waals surface area contributed by atoms with Crippen LogP contribution >= 0.6 is 0 Å². The molecule has 0 radical (unpaired) electrons. The number of rotatable bonds is 4. The minimum atomic E-state index is -3.93. The molecule has 0 saturated heterocycles. The van der Waals surface area contributed by atoms with Crippen molar-refractivity contribution in [2.24, 2.45) is 5.10 Å². The third-order valence-electron chi connectivity index (χ3n) is 4.11. The summed E-state index contributed by atoms with van der Waals surface area (Å²) in [6.07, 6.45) is -0.698. The average Bonchev–Trinajstić information content (AvgIpc) is 3.06. The zero-order valence-electron chi connectivity index (χ0n) is 15.5. The van der Waals surface area contributed by atoms with E-state index in [1.54, 1.807) is 0 Å². The van der Waals surface area contributed by atoms with Gasteiger partial charge in [0.2, 0.25) is 23.9 Å². The van der Waals surface area contributed by atoms with Gasteiger partial charge >= 0.3 is 0 Å². The molecular weight excluding hydrogens is 382 g/mol. The van der Waals surface area contributed by atoms with Gasteiger partial charge in [0.15, 0.2) is 0 Å². The summed E-state index contributed by atoms with van der Waals surface area (Å²) >= 11 is 0. The third kappa shape index (κ3) is 3.89. The Balaban J connectivity index is 1.90. The molecule has 1 N–H and O–H groups in total. The summed E-state index contributed by atoms with van der Waals surface area (Å²) in [4.78, 5) is 23.0. The molecule has 8 nitrogen and oxygen atoms in total. The van der Waals surface area contributed by atoms with Crippen LogP contribution in [0.5, 0.6) is 0 Å². The van der Waals surface area contributed by atoms with Gasteiger partial charge < -0.3 is 4.74 Å². The molecule has 0 saturated carbocycles. The summed E-state index contributed by atoms with van der Waals surface area (Å²) in [5.74, 6) is -0.759. The summed E-state index contributed by atoms with van der Waals surface area (Å²) in [5, 5.41) is 5.51. The van der Waals surface area contributed by atoms with Crippen molar-refractivity contribution in [2.45, 2.75) is 31.9 Å². The van der Waals surface area contributed by atoms with Crippen LogP contribution in [0, 0.1) is 6.92 Å². The minimum absolute atomic E-state index is 0.0658. The fourth-order valence-electron chi connectivity index (χ4n) is 2.77. The average molecular weight is 401 g/mol. The summed E-state index contributed by atoms with van der Waals surface area (Å²) < 4.78 is 31.9. The lowest BCUT2D eigenvalue weighted by Crippen LogP contribution is -2.28. The van der Waals surface area contributed by atoms with E-state index in [1.807, 2.05) is 35.9 Å². The standard InChI is InChI=1S/C19H19N3O5S/c1-12-6-4-5-7-17(12)19-22(14(3)24)20-18(27-19)15-8-10-16(11-9-15)28(25,26)21-13(2)23/h4-11,19H,1-3H3,(H,21,23). The first kappa shape index (κ1) is 19.6. The summed E-state index contributed by atoms with van der Waals surface area (Å²) in [5.41, 5.74) is 2.26. The lowest BCUT2D eigenvalue weighted by Gasteiger charge is -2.20. The number of hydrogen-bond donors (Lipinski definition) is 1.